The first-order valence-electron chi connectivity index (χ1n) is 9.24. The lowest BCUT2D eigenvalue weighted by molar-refractivity contribution is -0.123. The molecule has 0 saturated heterocycles. The molecule has 2 aromatic rings. The average molecular weight is 405 g/mol. The number of ether oxygens (including phenoxy) is 1. The van der Waals surface area contributed by atoms with Gasteiger partial charge < -0.3 is 10.1 Å². The van der Waals surface area contributed by atoms with Crippen molar-refractivity contribution < 1.29 is 17.9 Å². The van der Waals surface area contributed by atoms with Gasteiger partial charge in [-0.1, -0.05) is 36.4 Å². The molecule has 0 saturated carbocycles. The van der Waals surface area contributed by atoms with Crippen molar-refractivity contribution >= 4 is 15.9 Å². The van der Waals surface area contributed by atoms with Crippen LogP contribution < -0.4 is 14.8 Å². The third-order valence-corrected chi connectivity index (χ3v) is 5.99. The Balaban J connectivity index is 1.96. The van der Waals surface area contributed by atoms with Crippen molar-refractivity contribution in [2.75, 3.05) is 7.11 Å². The van der Waals surface area contributed by atoms with Gasteiger partial charge in [0, 0.05) is 6.04 Å². The molecular formula is C21H28N2O4S. The lowest BCUT2D eigenvalue weighted by atomic mass is 10.1. The molecular weight excluding hydrogens is 376 g/mol. The summed E-state index contributed by atoms with van der Waals surface area (Å²) < 4.78 is 33.0. The van der Waals surface area contributed by atoms with Gasteiger partial charge in [-0.3, -0.25) is 4.79 Å². The minimum absolute atomic E-state index is 0.0202. The van der Waals surface area contributed by atoms with Crippen LogP contribution in [0, 0.1) is 6.92 Å². The van der Waals surface area contributed by atoms with E-state index in [1.54, 1.807) is 19.1 Å². The first-order valence-corrected chi connectivity index (χ1v) is 10.7. The summed E-state index contributed by atoms with van der Waals surface area (Å²) in [7, 11) is -2.49. The van der Waals surface area contributed by atoms with Crippen LogP contribution in [-0.2, 0) is 21.2 Å². The maximum atomic E-state index is 12.7. The first-order chi connectivity index (χ1) is 13.2. The molecule has 2 rings (SSSR count). The number of methoxy groups -OCH3 is 1. The maximum absolute atomic E-state index is 12.7. The summed E-state index contributed by atoms with van der Waals surface area (Å²) >= 11 is 0. The fourth-order valence-electron chi connectivity index (χ4n) is 2.81. The highest BCUT2D eigenvalue weighted by molar-refractivity contribution is 7.89. The molecule has 1 amide bonds. The Morgan fingerprint density at radius 3 is 2.43 bits per heavy atom. The summed E-state index contributed by atoms with van der Waals surface area (Å²) in [6.07, 6.45) is 1.60. The summed E-state index contributed by atoms with van der Waals surface area (Å²) in [6.45, 7) is 5.23. The Morgan fingerprint density at radius 1 is 1.11 bits per heavy atom. The van der Waals surface area contributed by atoms with Crippen molar-refractivity contribution in [1.29, 1.82) is 0 Å². The molecule has 152 valence electrons. The fraction of sp³-hybridized carbons (Fsp3) is 0.381. The third-order valence-electron chi connectivity index (χ3n) is 4.43. The van der Waals surface area contributed by atoms with Gasteiger partial charge >= 0.3 is 0 Å². The Kier molecular flexibility index (Phi) is 7.60. The second-order valence-corrected chi connectivity index (χ2v) is 8.61. The Bertz CT molecular complexity index is 898. The summed E-state index contributed by atoms with van der Waals surface area (Å²) in [5.41, 5.74) is 1.98. The first kappa shape index (κ1) is 21.9. The molecule has 0 spiro atoms. The highest BCUT2D eigenvalue weighted by Crippen LogP contribution is 2.24. The summed E-state index contributed by atoms with van der Waals surface area (Å²) in [4.78, 5) is 12.4. The predicted octanol–water partition coefficient (Wildman–Crippen LogP) is 2.81. The van der Waals surface area contributed by atoms with E-state index in [9.17, 15) is 13.2 Å². The monoisotopic (exact) mass is 404 g/mol. The number of aryl methyl sites for hydroxylation is 2. The molecule has 28 heavy (non-hydrogen) atoms. The Hall–Kier alpha value is -2.38. The molecule has 2 N–H and O–H groups in total. The molecule has 0 aromatic heterocycles. The molecule has 0 bridgehead atoms. The zero-order valence-electron chi connectivity index (χ0n) is 16.7. The van der Waals surface area contributed by atoms with E-state index in [1.165, 1.54) is 25.7 Å². The Labute approximate surface area is 167 Å². The van der Waals surface area contributed by atoms with Gasteiger partial charge in [-0.15, -0.1) is 0 Å². The molecule has 7 heteroatoms. The standard InChI is InChI=1S/C21H28N2O4S/c1-15-10-13-19(27-4)20(14-15)28(25,26)23-17(3)21(24)22-16(2)11-12-18-8-6-5-7-9-18/h5-10,13-14,16-17,23H,11-12H2,1-4H3,(H,22,24)/t16-,17+/m0/s1. The van der Waals surface area contributed by atoms with Crippen LogP contribution in [0.15, 0.2) is 53.4 Å². The number of amides is 1. The summed E-state index contributed by atoms with van der Waals surface area (Å²) in [5, 5.41) is 2.87. The number of sulfonamides is 1. The molecule has 0 radical (unpaired) electrons. The number of carbonyl (C=O) groups excluding carboxylic acids is 1. The molecule has 0 aliphatic carbocycles. The average Bonchev–Trinajstić information content (AvgIpc) is 2.66. The largest absolute Gasteiger partial charge is 0.495 e. The molecule has 0 unspecified atom stereocenters. The lowest BCUT2D eigenvalue weighted by Gasteiger charge is -2.19. The van der Waals surface area contributed by atoms with Gasteiger partial charge in [0.25, 0.3) is 0 Å². The zero-order chi connectivity index (χ0) is 20.7. The summed E-state index contributed by atoms with van der Waals surface area (Å²) in [5.74, 6) is -0.127. The normalized spacial score (nSPS) is 13.6. The number of carbonyl (C=O) groups is 1. The van der Waals surface area contributed by atoms with Crippen LogP contribution in [0.5, 0.6) is 5.75 Å². The van der Waals surface area contributed by atoms with Gasteiger partial charge in [-0.2, -0.15) is 4.72 Å². The molecule has 6 nitrogen and oxygen atoms in total. The second-order valence-electron chi connectivity index (χ2n) is 6.93. The van der Waals surface area contributed by atoms with Crippen molar-refractivity contribution in [3.8, 4) is 5.75 Å². The van der Waals surface area contributed by atoms with E-state index in [1.807, 2.05) is 37.3 Å². The molecule has 0 aliphatic rings. The van der Waals surface area contributed by atoms with Crippen molar-refractivity contribution in [1.82, 2.24) is 10.0 Å². The van der Waals surface area contributed by atoms with Crippen molar-refractivity contribution in [2.24, 2.45) is 0 Å². The van der Waals surface area contributed by atoms with Crippen LogP contribution in [0.3, 0.4) is 0 Å². The van der Waals surface area contributed by atoms with Gasteiger partial charge in [-0.25, -0.2) is 8.42 Å². The van der Waals surface area contributed by atoms with Crippen LogP contribution in [0.4, 0.5) is 0 Å². The second kappa shape index (κ2) is 9.71. The van der Waals surface area contributed by atoms with Gasteiger partial charge in [0.05, 0.1) is 13.2 Å². The highest BCUT2D eigenvalue weighted by Gasteiger charge is 2.25. The van der Waals surface area contributed by atoms with Crippen LogP contribution in [-0.4, -0.2) is 33.5 Å². The molecule has 0 heterocycles. The number of hydrogen-bond donors (Lipinski definition) is 2. The van der Waals surface area contributed by atoms with E-state index in [0.717, 1.165) is 18.4 Å². The van der Waals surface area contributed by atoms with E-state index in [-0.39, 0.29) is 22.6 Å². The van der Waals surface area contributed by atoms with Crippen LogP contribution in [0.2, 0.25) is 0 Å². The number of rotatable bonds is 9. The lowest BCUT2D eigenvalue weighted by Crippen LogP contribution is -2.47. The summed E-state index contributed by atoms with van der Waals surface area (Å²) in [6, 6.07) is 13.9. The minimum atomic E-state index is -3.90. The van der Waals surface area contributed by atoms with Crippen molar-refractivity contribution in [2.45, 2.75) is 50.6 Å². The molecule has 0 aliphatic heterocycles. The molecule has 0 fully saturated rings. The smallest absolute Gasteiger partial charge is 0.244 e. The molecule has 2 atom stereocenters. The van der Waals surface area contributed by atoms with Gasteiger partial charge in [0.15, 0.2) is 0 Å². The SMILES string of the molecule is COc1ccc(C)cc1S(=O)(=O)N[C@H](C)C(=O)N[C@@H](C)CCc1ccccc1. The fourth-order valence-corrected chi connectivity index (χ4v) is 4.27. The minimum Gasteiger partial charge on any atom is -0.495 e. The zero-order valence-corrected chi connectivity index (χ0v) is 17.5. The van der Waals surface area contributed by atoms with Gasteiger partial charge in [-0.05, 0) is 56.9 Å². The van der Waals surface area contributed by atoms with E-state index in [4.69, 9.17) is 4.74 Å². The maximum Gasteiger partial charge on any atom is 0.244 e. The van der Waals surface area contributed by atoms with E-state index in [2.05, 4.69) is 10.0 Å². The van der Waals surface area contributed by atoms with E-state index in [0.29, 0.717) is 0 Å². The van der Waals surface area contributed by atoms with Crippen LogP contribution in [0.25, 0.3) is 0 Å². The highest BCUT2D eigenvalue weighted by atomic mass is 32.2. The number of hydrogen-bond acceptors (Lipinski definition) is 4. The van der Waals surface area contributed by atoms with Crippen LogP contribution in [0.1, 0.15) is 31.4 Å². The Morgan fingerprint density at radius 2 is 1.79 bits per heavy atom. The van der Waals surface area contributed by atoms with Crippen molar-refractivity contribution in [3.05, 3.63) is 59.7 Å². The topological polar surface area (TPSA) is 84.5 Å². The van der Waals surface area contributed by atoms with Gasteiger partial charge in [0.1, 0.15) is 10.6 Å². The van der Waals surface area contributed by atoms with Crippen LogP contribution >= 0.6 is 0 Å². The predicted molar refractivity (Wildman–Crippen MR) is 110 cm³/mol. The molecule has 2 aromatic carbocycles. The van der Waals surface area contributed by atoms with Crippen molar-refractivity contribution in [3.63, 3.8) is 0 Å². The van der Waals surface area contributed by atoms with E-state index >= 15 is 0 Å². The van der Waals surface area contributed by atoms with Gasteiger partial charge in [0.2, 0.25) is 15.9 Å². The quantitative estimate of drug-likeness (QED) is 0.673. The van der Waals surface area contributed by atoms with E-state index < -0.39 is 16.1 Å². The number of nitrogens with one attached hydrogen (secondary N) is 2. The number of benzene rings is 2. The third kappa shape index (κ3) is 6.07.